The van der Waals surface area contributed by atoms with Crippen molar-refractivity contribution in [1.29, 1.82) is 0 Å². The fraction of sp³-hybridized carbons (Fsp3) is 0.611. The number of nitrogens with one attached hydrogen (secondary N) is 1. The van der Waals surface area contributed by atoms with Crippen molar-refractivity contribution >= 4 is 5.91 Å². The van der Waals surface area contributed by atoms with Crippen molar-refractivity contribution in [3.05, 3.63) is 17.7 Å². The van der Waals surface area contributed by atoms with Gasteiger partial charge >= 0.3 is 0 Å². The van der Waals surface area contributed by atoms with E-state index in [0.29, 0.717) is 5.56 Å². The molecule has 10 heteroatoms. The van der Waals surface area contributed by atoms with E-state index in [-0.39, 0.29) is 18.3 Å². The Kier molecular flexibility index (Phi) is 6.26. The van der Waals surface area contributed by atoms with Gasteiger partial charge < -0.3 is 45.4 Å². The van der Waals surface area contributed by atoms with Crippen LogP contribution in [-0.2, 0) is 16.0 Å². The molecule has 0 bridgehead atoms. The quantitative estimate of drug-likeness (QED) is 0.281. The summed E-state index contributed by atoms with van der Waals surface area (Å²) in [5.74, 6) is -1.35. The van der Waals surface area contributed by atoms with E-state index in [1.165, 1.54) is 12.1 Å². The van der Waals surface area contributed by atoms with Gasteiger partial charge in [-0.2, -0.15) is 0 Å². The third-order valence-corrected chi connectivity index (χ3v) is 5.02. The van der Waals surface area contributed by atoms with Crippen molar-refractivity contribution in [2.75, 3.05) is 6.61 Å². The van der Waals surface area contributed by atoms with Crippen LogP contribution in [0.3, 0.4) is 0 Å². The molecule has 156 valence electrons. The first-order valence-corrected chi connectivity index (χ1v) is 9.11. The number of rotatable bonds is 6. The van der Waals surface area contributed by atoms with Gasteiger partial charge in [0, 0.05) is 0 Å². The lowest BCUT2D eigenvalue weighted by Gasteiger charge is -2.40. The molecule has 1 saturated carbocycles. The zero-order valence-electron chi connectivity index (χ0n) is 15.1. The summed E-state index contributed by atoms with van der Waals surface area (Å²) >= 11 is 0. The number of hydrogen-bond acceptors (Lipinski definition) is 9. The molecule has 1 aromatic rings. The number of carbonyl (C=O) groups is 1. The van der Waals surface area contributed by atoms with Crippen LogP contribution in [0.25, 0.3) is 0 Å². The molecule has 7 N–H and O–H groups in total. The van der Waals surface area contributed by atoms with Crippen LogP contribution in [0.2, 0.25) is 0 Å². The Hall–Kier alpha value is -2.11. The first-order chi connectivity index (χ1) is 13.3. The van der Waals surface area contributed by atoms with Crippen molar-refractivity contribution in [3.63, 3.8) is 0 Å². The molecule has 0 radical (unpaired) electrons. The van der Waals surface area contributed by atoms with Gasteiger partial charge in [-0.1, -0.05) is 0 Å². The van der Waals surface area contributed by atoms with Crippen LogP contribution in [-0.4, -0.2) is 79.9 Å². The molecule has 1 heterocycles. The predicted molar refractivity (Wildman–Crippen MR) is 93.7 cm³/mol. The lowest BCUT2D eigenvalue weighted by molar-refractivity contribution is -0.235. The molecule has 0 spiro atoms. The topological polar surface area (TPSA) is 169 Å². The number of phenols is 2. The lowest BCUT2D eigenvalue weighted by atomic mass is 9.96. The van der Waals surface area contributed by atoms with Crippen LogP contribution in [0.15, 0.2) is 12.1 Å². The van der Waals surface area contributed by atoms with Gasteiger partial charge in [0.15, 0.2) is 17.7 Å². The highest BCUT2D eigenvalue weighted by molar-refractivity contribution is 5.79. The minimum Gasteiger partial charge on any atom is -0.504 e. The Morgan fingerprint density at radius 1 is 1.14 bits per heavy atom. The number of carbonyl (C=O) groups excluding carboxylic acids is 1. The number of amides is 1. The van der Waals surface area contributed by atoms with E-state index in [1.807, 2.05) is 0 Å². The summed E-state index contributed by atoms with van der Waals surface area (Å²) in [5.41, 5.74) is 0.353. The fourth-order valence-corrected chi connectivity index (χ4v) is 3.12. The Morgan fingerprint density at radius 3 is 2.46 bits per heavy atom. The Bertz CT molecular complexity index is 707. The summed E-state index contributed by atoms with van der Waals surface area (Å²) in [5, 5.41) is 60.8. The van der Waals surface area contributed by atoms with Crippen LogP contribution in [0.1, 0.15) is 24.8 Å². The molecule has 28 heavy (non-hydrogen) atoms. The highest BCUT2D eigenvalue weighted by Crippen LogP contribution is 2.39. The maximum Gasteiger partial charge on any atom is 0.226 e. The highest BCUT2D eigenvalue weighted by atomic mass is 16.6. The Balaban J connectivity index is 1.65. The molecule has 3 rings (SSSR count). The first kappa shape index (κ1) is 20.6. The van der Waals surface area contributed by atoms with Crippen LogP contribution >= 0.6 is 0 Å². The maximum absolute atomic E-state index is 12.3. The molecule has 5 unspecified atom stereocenters. The van der Waals surface area contributed by atoms with Gasteiger partial charge in [0.1, 0.15) is 24.4 Å². The van der Waals surface area contributed by atoms with E-state index >= 15 is 0 Å². The summed E-state index contributed by atoms with van der Waals surface area (Å²) in [6, 6.07) is 2.66. The van der Waals surface area contributed by atoms with Gasteiger partial charge in [-0.25, -0.2) is 0 Å². The first-order valence-electron chi connectivity index (χ1n) is 9.11. The van der Waals surface area contributed by atoms with Crippen LogP contribution in [0, 0.1) is 0 Å². The zero-order valence-corrected chi connectivity index (χ0v) is 15.1. The second-order valence-corrected chi connectivity index (χ2v) is 7.13. The number of ether oxygens (including phenoxy) is 2. The molecule has 1 aliphatic heterocycles. The normalized spacial score (nSPS) is 30.5. The highest BCUT2D eigenvalue weighted by Gasteiger charge is 2.43. The molecule has 1 aromatic carbocycles. The van der Waals surface area contributed by atoms with Crippen molar-refractivity contribution in [2.45, 2.75) is 62.4 Å². The van der Waals surface area contributed by atoms with Crippen molar-refractivity contribution in [1.82, 2.24) is 5.32 Å². The summed E-state index contributed by atoms with van der Waals surface area (Å²) < 4.78 is 10.8. The van der Waals surface area contributed by atoms with Crippen LogP contribution in [0.5, 0.6) is 17.2 Å². The molecule has 2 aliphatic rings. The van der Waals surface area contributed by atoms with Gasteiger partial charge in [-0.05, 0) is 37.0 Å². The minimum atomic E-state index is -1.60. The third-order valence-electron chi connectivity index (χ3n) is 5.02. The zero-order chi connectivity index (χ0) is 20.4. The van der Waals surface area contributed by atoms with Gasteiger partial charge in [-0.3, -0.25) is 4.79 Å². The molecule has 1 amide bonds. The number of aliphatic hydroxyl groups is 4. The van der Waals surface area contributed by atoms with Crippen molar-refractivity contribution < 1.29 is 44.9 Å². The average molecular weight is 399 g/mol. The largest absolute Gasteiger partial charge is 0.504 e. The molecule has 0 aromatic heterocycles. The van der Waals surface area contributed by atoms with E-state index < -0.39 is 54.7 Å². The fourth-order valence-electron chi connectivity index (χ4n) is 3.12. The van der Waals surface area contributed by atoms with Gasteiger partial charge in [0.25, 0.3) is 0 Å². The molecular weight excluding hydrogens is 374 g/mol. The number of aromatic hydroxyl groups is 2. The summed E-state index contributed by atoms with van der Waals surface area (Å²) in [4.78, 5) is 12.3. The maximum atomic E-state index is 12.3. The molecule has 10 nitrogen and oxygen atoms in total. The smallest absolute Gasteiger partial charge is 0.226 e. The number of hydrogen-bond donors (Lipinski definition) is 7. The monoisotopic (exact) mass is 399 g/mol. The predicted octanol–water partition coefficient (Wildman–Crippen LogP) is -1.51. The van der Waals surface area contributed by atoms with Gasteiger partial charge in [-0.15, -0.1) is 0 Å². The van der Waals surface area contributed by atoms with Crippen LogP contribution < -0.4 is 10.1 Å². The van der Waals surface area contributed by atoms with Crippen molar-refractivity contribution in [3.8, 4) is 17.2 Å². The van der Waals surface area contributed by atoms with Crippen molar-refractivity contribution in [2.24, 2.45) is 0 Å². The Labute approximate surface area is 161 Å². The van der Waals surface area contributed by atoms with Gasteiger partial charge in [0.05, 0.1) is 19.1 Å². The third kappa shape index (κ3) is 4.31. The summed E-state index contributed by atoms with van der Waals surface area (Å²) in [6.07, 6.45) is -4.73. The summed E-state index contributed by atoms with van der Waals surface area (Å²) in [6.45, 7) is -0.606. The van der Waals surface area contributed by atoms with E-state index in [0.717, 1.165) is 19.3 Å². The summed E-state index contributed by atoms with van der Waals surface area (Å²) in [7, 11) is 0. The number of benzene rings is 1. The SMILES string of the molecule is O=C(Cc1cc(O)c(O)c(OC2CCC2)c1)NC1OC(CO)C(O)C(O)C1O. The lowest BCUT2D eigenvalue weighted by Crippen LogP contribution is -2.63. The second-order valence-electron chi connectivity index (χ2n) is 7.13. The number of phenolic OH excluding ortho intramolecular Hbond substituents is 2. The molecule has 1 aliphatic carbocycles. The van der Waals surface area contributed by atoms with E-state index in [4.69, 9.17) is 9.47 Å². The average Bonchev–Trinajstić information content (AvgIpc) is 2.62. The molecule has 2 fully saturated rings. The van der Waals surface area contributed by atoms with Gasteiger partial charge in [0.2, 0.25) is 11.7 Å². The molecule has 5 atom stereocenters. The second kappa shape index (κ2) is 8.50. The standard InChI is InChI=1S/C18H25NO9/c20-7-12-15(24)16(25)17(26)18(28-12)19-13(22)6-8-4-10(21)14(23)11(5-8)27-9-2-1-3-9/h4-5,9,12,15-18,20-21,23-26H,1-3,6-7H2,(H,19,22). The molecular formula is C18H25NO9. The van der Waals surface area contributed by atoms with Crippen LogP contribution in [0.4, 0.5) is 0 Å². The number of aliphatic hydroxyl groups excluding tert-OH is 4. The van der Waals surface area contributed by atoms with E-state index in [1.54, 1.807) is 0 Å². The molecule has 1 saturated heterocycles. The minimum absolute atomic E-state index is 0.0384. The Morgan fingerprint density at radius 2 is 1.86 bits per heavy atom. The van der Waals surface area contributed by atoms with E-state index in [2.05, 4.69) is 5.32 Å². The van der Waals surface area contributed by atoms with E-state index in [9.17, 15) is 35.4 Å².